The summed E-state index contributed by atoms with van der Waals surface area (Å²) >= 11 is 1.66. The number of nitrogens with two attached hydrogens (primary N) is 1. The van der Waals surface area contributed by atoms with Gasteiger partial charge < -0.3 is 11.1 Å². The summed E-state index contributed by atoms with van der Waals surface area (Å²) in [6.45, 7) is 4.42. The zero-order chi connectivity index (χ0) is 10.6. The molecular formula is C10H16N2OS. The molecule has 3 nitrogen and oxygen atoms in total. The highest BCUT2D eigenvalue weighted by atomic mass is 32.1. The van der Waals surface area contributed by atoms with E-state index in [0.717, 1.165) is 4.88 Å². The molecule has 0 fully saturated rings. The summed E-state index contributed by atoms with van der Waals surface area (Å²) in [5, 5.41) is 2.83. The van der Waals surface area contributed by atoms with Gasteiger partial charge in [0.15, 0.2) is 0 Å². The Hall–Kier alpha value is -0.870. The van der Waals surface area contributed by atoms with Gasteiger partial charge in [-0.1, -0.05) is 0 Å². The van der Waals surface area contributed by atoms with Crippen LogP contribution < -0.4 is 11.1 Å². The van der Waals surface area contributed by atoms with Crippen molar-refractivity contribution in [1.82, 2.24) is 5.32 Å². The summed E-state index contributed by atoms with van der Waals surface area (Å²) in [7, 11) is 0. The molecule has 0 saturated carbocycles. The van der Waals surface area contributed by atoms with Gasteiger partial charge in [-0.15, -0.1) is 11.3 Å². The van der Waals surface area contributed by atoms with Gasteiger partial charge in [0.25, 0.3) is 0 Å². The van der Waals surface area contributed by atoms with Crippen LogP contribution in [-0.4, -0.2) is 18.5 Å². The van der Waals surface area contributed by atoms with E-state index < -0.39 is 0 Å². The van der Waals surface area contributed by atoms with Crippen molar-refractivity contribution >= 4 is 17.2 Å². The van der Waals surface area contributed by atoms with Crippen molar-refractivity contribution in [2.75, 3.05) is 6.54 Å². The van der Waals surface area contributed by atoms with Crippen LogP contribution in [0.5, 0.6) is 0 Å². The summed E-state index contributed by atoms with van der Waals surface area (Å²) < 4.78 is 0. The summed E-state index contributed by atoms with van der Waals surface area (Å²) in [5.74, 6) is 0.0461. The van der Waals surface area contributed by atoms with Crippen LogP contribution in [0.2, 0.25) is 0 Å². The minimum atomic E-state index is 0.0461. The maximum absolute atomic E-state index is 11.4. The van der Waals surface area contributed by atoms with Crippen molar-refractivity contribution in [3.63, 3.8) is 0 Å². The third-order valence-electron chi connectivity index (χ3n) is 1.89. The molecule has 0 spiro atoms. The van der Waals surface area contributed by atoms with Crippen LogP contribution in [0, 0.1) is 6.92 Å². The maximum Gasteiger partial charge on any atom is 0.225 e. The van der Waals surface area contributed by atoms with Gasteiger partial charge in [-0.05, 0) is 26.0 Å². The van der Waals surface area contributed by atoms with E-state index in [-0.39, 0.29) is 11.9 Å². The van der Waals surface area contributed by atoms with Crippen molar-refractivity contribution in [2.24, 2.45) is 5.73 Å². The molecule has 0 aliphatic carbocycles. The van der Waals surface area contributed by atoms with E-state index in [1.54, 1.807) is 11.3 Å². The molecule has 0 bridgehead atoms. The van der Waals surface area contributed by atoms with Crippen molar-refractivity contribution in [1.29, 1.82) is 0 Å². The van der Waals surface area contributed by atoms with Gasteiger partial charge in [-0.3, -0.25) is 4.79 Å². The zero-order valence-corrected chi connectivity index (χ0v) is 9.36. The van der Waals surface area contributed by atoms with E-state index in [1.165, 1.54) is 4.88 Å². The minimum Gasteiger partial charge on any atom is -0.352 e. The van der Waals surface area contributed by atoms with Crippen molar-refractivity contribution in [3.8, 4) is 0 Å². The minimum absolute atomic E-state index is 0.0461. The first-order chi connectivity index (χ1) is 6.61. The molecule has 0 unspecified atom stereocenters. The number of hydrogen-bond acceptors (Lipinski definition) is 3. The lowest BCUT2D eigenvalue weighted by Gasteiger charge is -2.10. The van der Waals surface area contributed by atoms with Gasteiger partial charge in [-0.25, -0.2) is 0 Å². The van der Waals surface area contributed by atoms with Gasteiger partial charge in [0.05, 0.1) is 6.42 Å². The van der Waals surface area contributed by atoms with Gasteiger partial charge in [0.2, 0.25) is 5.91 Å². The highest BCUT2D eigenvalue weighted by Gasteiger charge is 2.07. The van der Waals surface area contributed by atoms with Crippen LogP contribution in [0.1, 0.15) is 16.7 Å². The van der Waals surface area contributed by atoms with Gasteiger partial charge >= 0.3 is 0 Å². The molecule has 3 N–H and O–H groups in total. The Kier molecular flexibility index (Phi) is 4.10. The molecule has 4 heteroatoms. The van der Waals surface area contributed by atoms with E-state index in [0.29, 0.717) is 13.0 Å². The fourth-order valence-corrected chi connectivity index (χ4v) is 2.01. The summed E-state index contributed by atoms with van der Waals surface area (Å²) in [4.78, 5) is 13.8. The van der Waals surface area contributed by atoms with Crippen LogP contribution in [0.4, 0.5) is 0 Å². The molecule has 1 atom stereocenters. The van der Waals surface area contributed by atoms with Crippen LogP contribution in [0.3, 0.4) is 0 Å². The molecule has 1 aromatic heterocycles. The third kappa shape index (κ3) is 3.47. The zero-order valence-electron chi connectivity index (χ0n) is 8.54. The monoisotopic (exact) mass is 212 g/mol. The normalized spacial score (nSPS) is 12.5. The summed E-state index contributed by atoms with van der Waals surface area (Å²) in [5.41, 5.74) is 5.41. The van der Waals surface area contributed by atoms with Gasteiger partial charge in [0.1, 0.15) is 0 Å². The molecule has 0 aromatic carbocycles. The lowest BCUT2D eigenvalue weighted by atomic mass is 10.3. The molecule has 1 aromatic rings. The first kappa shape index (κ1) is 11.2. The Balaban J connectivity index is 2.41. The smallest absolute Gasteiger partial charge is 0.225 e. The lowest BCUT2D eigenvalue weighted by Crippen LogP contribution is -2.38. The van der Waals surface area contributed by atoms with Crippen molar-refractivity contribution in [2.45, 2.75) is 26.3 Å². The Bertz CT molecular complexity index is 309. The molecule has 78 valence electrons. The fourth-order valence-electron chi connectivity index (χ4n) is 1.12. The SMILES string of the molecule is Cc1ccc(CC(=O)N[C@@H](C)CN)s1. The average molecular weight is 212 g/mol. The highest BCUT2D eigenvalue weighted by Crippen LogP contribution is 2.15. The second-order valence-electron chi connectivity index (χ2n) is 3.39. The van der Waals surface area contributed by atoms with Crippen LogP contribution >= 0.6 is 11.3 Å². The van der Waals surface area contributed by atoms with Crippen LogP contribution in [0.15, 0.2) is 12.1 Å². The first-order valence-corrected chi connectivity index (χ1v) is 5.48. The second kappa shape index (κ2) is 5.12. The van der Waals surface area contributed by atoms with Crippen molar-refractivity contribution in [3.05, 3.63) is 21.9 Å². The average Bonchev–Trinajstić information content (AvgIpc) is 2.50. The topological polar surface area (TPSA) is 55.1 Å². The van der Waals surface area contributed by atoms with Crippen LogP contribution in [-0.2, 0) is 11.2 Å². The molecule has 0 aliphatic heterocycles. The first-order valence-electron chi connectivity index (χ1n) is 4.66. The molecule has 0 saturated heterocycles. The van der Waals surface area contributed by atoms with E-state index in [2.05, 4.69) is 5.32 Å². The third-order valence-corrected chi connectivity index (χ3v) is 2.89. The maximum atomic E-state index is 11.4. The van der Waals surface area contributed by atoms with E-state index >= 15 is 0 Å². The number of nitrogens with one attached hydrogen (secondary N) is 1. The van der Waals surface area contributed by atoms with Crippen LogP contribution in [0.25, 0.3) is 0 Å². The molecule has 1 heterocycles. The molecule has 0 aliphatic rings. The Morgan fingerprint density at radius 3 is 2.86 bits per heavy atom. The number of amides is 1. The molecular weight excluding hydrogens is 196 g/mol. The Labute approximate surface area is 88.3 Å². The van der Waals surface area contributed by atoms with E-state index in [1.807, 2.05) is 26.0 Å². The molecule has 0 radical (unpaired) electrons. The number of rotatable bonds is 4. The van der Waals surface area contributed by atoms with E-state index in [4.69, 9.17) is 5.73 Å². The Morgan fingerprint density at radius 2 is 2.36 bits per heavy atom. The second-order valence-corrected chi connectivity index (χ2v) is 4.77. The predicted molar refractivity (Wildman–Crippen MR) is 59.4 cm³/mol. The number of hydrogen-bond donors (Lipinski definition) is 2. The number of carbonyl (C=O) groups is 1. The standard InChI is InChI=1S/C10H16N2OS/c1-7(6-11)12-10(13)5-9-4-3-8(2)14-9/h3-4,7H,5-6,11H2,1-2H3,(H,12,13)/t7-/m0/s1. The fraction of sp³-hybridized carbons (Fsp3) is 0.500. The molecule has 1 rings (SSSR count). The lowest BCUT2D eigenvalue weighted by molar-refractivity contribution is -0.120. The number of thiophene rings is 1. The van der Waals surface area contributed by atoms with Gasteiger partial charge in [-0.2, -0.15) is 0 Å². The van der Waals surface area contributed by atoms with Crippen molar-refractivity contribution < 1.29 is 4.79 Å². The van der Waals surface area contributed by atoms with Gasteiger partial charge in [0, 0.05) is 22.3 Å². The largest absolute Gasteiger partial charge is 0.352 e. The highest BCUT2D eigenvalue weighted by molar-refractivity contribution is 7.12. The predicted octanol–water partition coefficient (Wildman–Crippen LogP) is 1.06. The Morgan fingerprint density at radius 1 is 1.64 bits per heavy atom. The van der Waals surface area contributed by atoms with E-state index in [9.17, 15) is 4.79 Å². The number of carbonyl (C=O) groups excluding carboxylic acids is 1. The quantitative estimate of drug-likeness (QED) is 0.784. The molecule has 1 amide bonds. The summed E-state index contributed by atoms with van der Waals surface area (Å²) in [6, 6.07) is 4.08. The number of aryl methyl sites for hydroxylation is 1. The summed E-state index contributed by atoms with van der Waals surface area (Å²) in [6.07, 6.45) is 0.461. The molecule has 14 heavy (non-hydrogen) atoms.